The summed E-state index contributed by atoms with van der Waals surface area (Å²) in [5.41, 5.74) is 6.45. The molecule has 0 aliphatic carbocycles. The van der Waals surface area contributed by atoms with Crippen molar-refractivity contribution in [2.45, 2.75) is 26.2 Å². The van der Waals surface area contributed by atoms with Gasteiger partial charge in [0, 0.05) is 24.9 Å². The Hall–Kier alpha value is -1.14. The summed E-state index contributed by atoms with van der Waals surface area (Å²) in [5, 5.41) is 1.53. The normalized spacial score (nSPS) is 10.9. The highest BCUT2D eigenvalue weighted by molar-refractivity contribution is 4.95. The number of hydrazine groups is 1. The molecule has 0 saturated carbocycles. The van der Waals surface area contributed by atoms with Gasteiger partial charge in [0.05, 0.1) is 0 Å². The fraction of sp³-hybridized carbons (Fsp3) is 0.556. The number of rotatable bonds is 5. The number of hydrogen-bond donors (Lipinski definition) is 2. The molecule has 0 saturated heterocycles. The zero-order valence-electron chi connectivity index (χ0n) is 7.59. The number of allylic oxidation sites excluding steroid dienone is 1. The van der Waals surface area contributed by atoms with Crippen LogP contribution in [0, 0.1) is 12.3 Å². The molecule has 0 radical (unpaired) electrons. The topological polar surface area (TPSA) is 55.3 Å². The van der Waals surface area contributed by atoms with Crippen molar-refractivity contribution in [3.8, 4) is 12.3 Å². The van der Waals surface area contributed by atoms with Crippen LogP contribution in [-0.4, -0.2) is 11.6 Å². The van der Waals surface area contributed by atoms with Crippen molar-refractivity contribution >= 4 is 0 Å². The second kappa shape index (κ2) is 6.56. The Bertz CT molecular complexity index is 179. The van der Waals surface area contributed by atoms with E-state index in [4.69, 9.17) is 18.0 Å². The van der Waals surface area contributed by atoms with Gasteiger partial charge in [-0.05, 0) is 6.42 Å². The molecular weight excluding hydrogens is 150 g/mol. The molecule has 0 aromatic heterocycles. The molecule has 0 rings (SSSR count). The van der Waals surface area contributed by atoms with E-state index in [-0.39, 0.29) is 0 Å². The molecule has 0 heterocycles. The summed E-state index contributed by atoms with van der Waals surface area (Å²) < 4.78 is 0. The average molecular weight is 167 g/mol. The maximum atomic E-state index is 5.64. The van der Waals surface area contributed by atoms with Crippen LogP contribution in [0.25, 0.3) is 0 Å². The largest absolute Gasteiger partial charge is 0.401 e. The van der Waals surface area contributed by atoms with Crippen LogP contribution in [-0.2, 0) is 0 Å². The van der Waals surface area contributed by atoms with E-state index in [1.807, 2.05) is 0 Å². The van der Waals surface area contributed by atoms with E-state index in [0.29, 0.717) is 13.0 Å². The molecule has 0 atom stereocenters. The summed E-state index contributed by atoms with van der Waals surface area (Å²) in [4.78, 5) is 0. The van der Waals surface area contributed by atoms with Gasteiger partial charge in [-0.25, -0.2) is 5.84 Å². The van der Waals surface area contributed by atoms with Crippen molar-refractivity contribution in [3.63, 3.8) is 0 Å². The molecule has 68 valence electrons. The Balaban J connectivity index is 3.72. The Morgan fingerprint density at radius 3 is 2.83 bits per heavy atom. The highest BCUT2D eigenvalue weighted by atomic mass is 15.4. The van der Waals surface area contributed by atoms with Gasteiger partial charge in [-0.15, -0.1) is 12.3 Å². The molecule has 0 amide bonds. The van der Waals surface area contributed by atoms with Gasteiger partial charge in [-0.1, -0.05) is 13.3 Å². The molecule has 0 fully saturated rings. The average Bonchev–Trinajstić information content (AvgIpc) is 2.01. The first-order valence-electron chi connectivity index (χ1n) is 4.11. The van der Waals surface area contributed by atoms with Gasteiger partial charge in [0.25, 0.3) is 0 Å². The predicted molar refractivity (Wildman–Crippen MR) is 51.5 cm³/mol. The van der Waals surface area contributed by atoms with Crippen LogP contribution in [0.3, 0.4) is 0 Å². The minimum Gasteiger partial charge on any atom is -0.401 e. The zero-order valence-corrected chi connectivity index (χ0v) is 7.59. The maximum Gasteiger partial charge on any atom is 0.0445 e. The minimum atomic E-state index is 0.645. The van der Waals surface area contributed by atoms with Crippen LogP contribution in [0.5, 0.6) is 0 Å². The van der Waals surface area contributed by atoms with E-state index in [1.54, 1.807) is 6.20 Å². The lowest BCUT2D eigenvalue weighted by Gasteiger charge is -2.12. The molecule has 0 unspecified atom stereocenters. The number of terminal acetylenes is 1. The minimum absolute atomic E-state index is 0.645. The highest BCUT2D eigenvalue weighted by Gasteiger charge is 1.92. The smallest absolute Gasteiger partial charge is 0.0445 e. The lowest BCUT2D eigenvalue weighted by Crippen LogP contribution is -2.27. The van der Waals surface area contributed by atoms with Gasteiger partial charge < -0.3 is 10.7 Å². The van der Waals surface area contributed by atoms with E-state index in [9.17, 15) is 0 Å². The highest BCUT2D eigenvalue weighted by Crippen LogP contribution is 1.97. The first-order chi connectivity index (χ1) is 5.70. The standard InChI is InChI=1S/C9H17N3/c1-3-5-7-12(11)8-9(10)6-4-2/h1,8H,4-7,10-11H2,2H3/b9-8-. The van der Waals surface area contributed by atoms with Crippen molar-refractivity contribution < 1.29 is 0 Å². The van der Waals surface area contributed by atoms with Crippen LogP contribution in [0.15, 0.2) is 11.9 Å². The van der Waals surface area contributed by atoms with Crippen LogP contribution in [0.4, 0.5) is 0 Å². The molecule has 0 aliphatic heterocycles. The molecule has 0 aromatic carbocycles. The summed E-state index contributed by atoms with van der Waals surface area (Å²) in [6, 6.07) is 0. The quantitative estimate of drug-likeness (QED) is 0.361. The van der Waals surface area contributed by atoms with Crippen LogP contribution in [0.2, 0.25) is 0 Å². The Labute approximate surface area is 74.4 Å². The second-order valence-corrected chi connectivity index (χ2v) is 2.65. The second-order valence-electron chi connectivity index (χ2n) is 2.65. The van der Waals surface area contributed by atoms with Crippen LogP contribution >= 0.6 is 0 Å². The van der Waals surface area contributed by atoms with Crippen molar-refractivity contribution in [1.29, 1.82) is 0 Å². The summed E-state index contributed by atoms with van der Waals surface area (Å²) in [6.07, 6.45) is 9.38. The monoisotopic (exact) mass is 167 g/mol. The zero-order chi connectivity index (χ0) is 9.40. The van der Waals surface area contributed by atoms with Crippen LogP contribution < -0.4 is 11.6 Å². The third kappa shape index (κ3) is 5.63. The molecule has 12 heavy (non-hydrogen) atoms. The van der Waals surface area contributed by atoms with Crippen molar-refractivity contribution in [2.24, 2.45) is 11.6 Å². The van der Waals surface area contributed by atoms with E-state index in [1.165, 1.54) is 5.01 Å². The fourth-order valence-electron chi connectivity index (χ4n) is 0.824. The number of hydrogen-bond acceptors (Lipinski definition) is 3. The van der Waals surface area contributed by atoms with Gasteiger partial charge in [0.2, 0.25) is 0 Å². The third-order valence-corrected chi connectivity index (χ3v) is 1.38. The van der Waals surface area contributed by atoms with E-state index in [0.717, 1.165) is 18.5 Å². The fourth-order valence-corrected chi connectivity index (χ4v) is 0.824. The molecule has 0 aliphatic rings. The van der Waals surface area contributed by atoms with E-state index >= 15 is 0 Å². The predicted octanol–water partition coefficient (Wildman–Crippen LogP) is 0.786. The van der Waals surface area contributed by atoms with Crippen molar-refractivity contribution in [2.75, 3.05) is 6.54 Å². The summed E-state index contributed by atoms with van der Waals surface area (Å²) >= 11 is 0. The van der Waals surface area contributed by atoms with E-state index in [2.05, 4.69) is 12.8 Å². The molecule has 0 spiro atoms. The van der Waals surface area contributed by atoms with Gasteiger partial charge in [-0.3, -0.25) is 0 Å². The molecule has 3 nitrogen and oxygen atoms in total. The first kappa shape index (κ1) is 10.9. The summed E-state index contributed by atoms with van der Waals surface area (Å²) in [7, 11) is 0. The number of nitrogens with zero attached hydrogens (tertiary/aromatic N) is 1. The summed E-state index contributed by atoms with van der Waals surface area (Å²) in [6.45, 7) is 2.73. The Morgan fingerprint density at radius 1 is 1.67 bits per heavy atom. The molecule has 0 bridgehead atoms. The SMILES string of the molecule is C#CCCN(N)/C=C(\N)CCC. The first-order valence-corrected chi connectivity index (χ1v) is 4.11. The Kier molecular flexibility index (Phi) is 5.94. The van der Waals surface area contributed by atoms with Gasteiger partial charge in [0.15, 0.2) is 0 Å². The Morgan fingerprint density at radius 2 is 2.33 bits per heavy atom. The van der Waals surface area contributed by atoms with Gasteiger partial charge in [0.1, 0.15) is 0 Å². The molecule has 4 N–H and O–H groups in total. The van der Waals surface area contributed by atoms with Gasteiger partial charge >= 0.3 is 0 Å². The molecule has 3 heteroatoms. The lowest BCUT2D eigenvalue weighted by atomic mass is 10.3. The van der Waals surface area contributed by atoms with Gasteiger partial charge in [-0.2, -0.15) is 0 Å². The lowest BCUT2D eigenvalue weighted by molar-refractivity contribution is 0.398. The summed E-state index contributed by atoms with van der Waals surface area (Å²) in [5.74, 6) is 8.08. The van der Waals surface area contributed by atoms with Crippen molar-refractivity contribution in [1.82, 2.24) is 5.01 Å². The van der Waals surface area contributed by atoms with E-state index < -0.39 is 0 Å². The van der Waals surface area contributed by atoms with Crippen LogP contribution in [0.1, 0.15) is 26.2 Å². The third-order valence-electron chi connectivity index (χ3n) is 1.38. The molecule has 0 aromatic rings. The molecular formula is C9H17N3. The maximum absolute atomic E-state index is 5.64. The number of nitrogens with two attached hydrogens (primary N) is 2. The van der Waals surface area contributed by atoms with Crippen molar-refractivity contribution in [3.05, 3.63) is 11.9 Å².